The number of nitrogens with one attached hydrogen (secondary N) is 1. The normalized spacial score (nSPS) is 11.4. The minimum Gasteiger partial charge on any atom is -0.383 e. The number of aryl methyl sites for hydroxylation is 1. The third-order valence-corrected chi connectivity index (χ3v) is 1.97. The van der Waals surface area contributed by atoms with Crippen LogP contribution in [0.1, 0.15) is 11.3 Å². The minimum absolute atomic E-state index is 0. The van der Waals surface area contributed by atoms with Gasteiger partial charge in [0.2, 0.25) is 0 Å². The van der Waals surface area contributed by atoms with Crippen molar-refractivity contribution in [3.8, 4) is 0 Å². The number of ether oxygens (including phenoxy) is 1. The Morgan fingerprint density at radius 1 is 1.47 bits per heavy atom. The van der Waals surface area contributed by atoms with Crippen LogP contribution in [-0.2, 0) is 24.5 Å². The van der Waals surface area contributed by atoms with Crippen molar-refractivity contribution in [2.75, 3.05) is 20.3 Å². The highest BCUT2D eigenvalue weighted by atomic mass is 35.5. The van der Waals surface area contributed by atoms with Crippen LogP contribution < -0.4 is 5.32 Å². The number of aromatic nitrogens is 2. The summed E-state index contributed by atoms with van der Waals surface area (Å²) in [5.41, 5.74) is -0.689. The van der Waals surface area contributed by atoms with Crippen LogP contribution in [0.15, 0.2) is 6.20 Å². The Bertz CT molecular complexity index is 341. The van der Waals surface area contributed by atoms with Gasteiger partial charge in [0.05, 0.1) is 6.61 Å². The fourth-order valence-electron chi connectivity index (χ4n) is 1.30. The number of methoxy groups -OCH3 is 1. The topological polar surface area (TPSA) is 39.1 Å². The van der Waals surface area contributed by atoms with Gasteiger partial charge in [-0.3, -0.25) is 4.68 Å². The molecule has 0 bridgehead atoms. The molecule has 0 saturated carbocycles. The number of alkyl halides is 3. The maximum Gasteiger partial charge on any atom is 0.435 e. The molecule has 17 heavy (non-hydrogen) atoms. The van der Waals surface area contributed by atoms with Crippen molar-refractivity contribution in [1.29, 1.82) is 0 Å². The van der Waals surface area contributed by atoms with E-state index in [2.05, 4.69) is 10.4 Å². The Balaban J connectivity index is 0.00000256. The second-order valence-electron chi connectivity index (χ2n) is 3.34. The summed E-state index contributed by atoms with van der Waals surface area (Å²) in [6, 6.07) is 0. The summed E-state index contributed by atoms with van der Waals surface area (Å²) in [4.78, 5) is 0. The molecule has 4 nitrogen and oxygen atoms in total. The zero-order chi connectivity index (χ0) is 12.2. The van der Waals surface area contributed by atoms with Crippen LogP contribution in [0.2, 0.25) is 0 Å². The van der Waals surface area contributed by atoms with E-state index in [9.17, 15) is 13.2 Å². The number of hydrogen-bond acceptors (Lipinski definition) is 3. The first kappa shape index (κ1) is 16.2. The van der Waals surface area contributed by atoms with E-state index >= 15 is 0 Å². The monoisotopic (exact) mass is 273 g/mol. The van der Waals surface area contributed by atoms with Crippen LogP contribution in [0.5, 0.6) is 0 Å². The molecular weight excluding hydrogens is 259 g/mol. The first-order valence-electron chi connectivity index (χ1n) is 4.74. The van der Waals surface area contributed by atoms with Crippen LogP contribution in [-0.4, -0.2) is 30.0 Å². The lowest BCUT2D eigenvalue weighted by Gasteiger charge is -2.06. The van der Waals surface area contributed by atoms with E-state index in [-0.39, 0.29) is 24.5 Å². The molecule has 0 aliphatic heterocycles. The molecule has 1 aromatic rings. The lowest BCUT2D eigenvalue weighted by molar-refractivity contribution is -0.142. The molecule has 0 atom stereocenters. The van der Waals surface area contributed by atoms with Crippen molar-refractivity contribution in [2.24, 2.45) is 7.05 Å². The van der Waals surface area contributed by atoms with Crippen LogP contribution in [0.4, 0.5) is 13.2 Å². The van der Waals surface area contributed by atoms with Gasteiger partial charge < -0.3 is 10.1 Å². The predicted octanol–water partition coefficient (Wildman–Crippen LogP) is 1.60. The van der Waals surface area contributed by atoms with Crippen molar-refractivity contribution in [2.45, 2.75) is 12.7 Å². The van der Waals surface area contributed by atoms with Gasteiger partial charge in [0.15, 0.2) is 5.69 Å². The smallest absolute Gasteiger partial charge is 0.383 e. The summed E-state index contributed by atoms with van der Waals surface area (Å²) in [6.07, 6.45) is -3.04. The van der Waals surface area contributed by atoms with Gasteiger partial charge in [0.1, 0.15) is 0 Å². The number of rotatable bonds is 5. The summed E-state index contributed by atoms with van der Waals surface area (Å²) >= 11 is 0. The maximum atomic E-state index is 12.5. The van der Waals surface area contributed by atoms with Gasteiger partial charge in [-0.25, -0.2) is 0 Å². The Labute approximate surface area is 104 Å². The third kappa shape index (κ3) is 4.93. The molecule has 0 aliphatic rings. The molecule has 8 heteroatoms. The Morgan fingerprint density at radius 3 is 2.65 bits per heavy atom. The Morgan fingerprint density at radius 2 is 2.12 bits per heavy atom. The molecular formula is C9H15ClF3N3O. The van der Waals surface area contributed by atoms with E-state index in [1.807, 2.05) is 0 Å². The lowest BCUT2D eigenvalue weighted by atomic mass is 10.2. The van der Waals surface area contributed by atoms with Gasteiger partial charge in [-0.1, -0.05) is 0 Å². The molecule has 0 saturated heterocycles. The summed E-state index contributed by atoms with van der Waals surface area (Å²) in [6.45, 7) is 1.09. The Hall–Kier alpha value is -0.790. The molecule has 100 valence electrons. The van der Waals surface area contributed by atoms with E-state index in [0.29, 0.717) is 13.2 Å². The largest absolute Gasteiger partial charge is 0.435 e. The third-order valence-electron chi connectivity index (χ3n) is 1.97. The van der Waals surface area contributed by atoms with Crippen molar-refractivity contribution < 1.29 is 17.9 Å². The zero-order valence-corrected chi connectivity index (χ0v) is 10.4. The molecule has 0 radical (unpaired) electrons. The number of halogens is 4. The van der Waals surface area contributed by atoms with Crippen molar-refractivity contribution >= 4 is 12.4 Å². The SMILES string of the molecule is COCCNCc1cn(C)nc1C(F)(F)F.Cl. The molecule has 0 unspecified atom stereocenters. The highest BCUT2D eigenvalue weighted by Gasteiger charge is 2.36. The average Bonchev–Trinajstić information content (AvgIpc) is 2.54. The van der Waals surface area contributed by atoms with Crippen LogP contribution in [0.25, 0.3) is 0 Å². The standard InChI is InChI=1S/C9H14F3N3O.ClH/c1-15-6-7(5-13-3-4-16-2)8(14-15)9(10,11)12;/h6,13H,3-5H2,1-2H3;1H. The van der Waals surface area contributed by atoms with Gasteiger partial charge in [0, 0.05) is 39.0 Å². The molecule has 0 aliphatic carbocycles. The number of hydrogen-bond donors (Lipinski definition) is 1. The maximum absolute atomic E-state index is 12.5. The highest BCUT2D eigenvalue weighted by Crippen LogP contribution is 2.30. The zero-order valence-electron chi connectivity index (χ0n) is 9.54. The molecule has 0 amide bonds. The van der Waals surface area contributed by atoms with Crippen molar-refractivity contribution in [1.82, 2.24) is 15.1 Å². The van der Waals surface area contributed by atoms with Crippen LogP contribution >= 0.6 is 12.4 Å². The summed E-state index contributed by atoms with van der Waals surface area (Å²) in [5.74, 6) is 0. The van der Waals surface area contributed by atoms with Gasteiger partial charge >= 0.3 is 6.18 Å². The van der Waals surface area contributed by atoms with Crippen LogP contribution in [0, 0.1) is 0 Å². The summed E-state index contributed by atoms with van der Waals surface area (Å²) < 4.78 is 43.5. The quantitative estimate of drug-likeness (QED) is 0.828. The molecule has 1 aromatic heterocycles. The van der Waals surface area contributed by atoms with Gasteiger partial charge in [-0.15, -0.1) is 12.4 Å². The second kappa shape index (κ2) is 6.83. The Kier molecular flexibility index (Phi) is 6.51. The van der Waals surface area contributed by atoms with E-state index in [1.165, 1.54) is 20.4 Å². The van der Waals surface area contributed by atoms with E-state index in [0.717, 1.165) is 4.68 Å². The molecule has 1 N–H and O–H groups in total. The van der Waals surface area contributed by atoms with E-state index in [1.54, 1.807) is 0 Å². The molecule has 0 spiro atoms. The molecule has 0 fully saturated rings. The fraction of sp³-hybridized carbons (Fsp3) is 0.667. The lowest BCUT2D eigenvalue weighted by Crippen LogP contribution is -2.20. The van der Waals surface area contributed by atoms with E-state index < -0.39 is 11.9 Å². The summed E-state index contributed by atoms with van der Waals surface area (Å²) in [5, 5.41) is 6.25. The van der Waals surface area contributed by atoms with E-state index in [4.69, 9.17) is 4.74 Å². The van der Waals surface area contributed by atoms with Crippen LogP contribution in [0.3, 0.4) is 0 Å². The fourth-order valence-corrected chi connectivity index (χ4v) is 1.30. The average molecular weight is 274 g/mol. The number of nitrogens with zero attached hydrogens (tertiary/aromatic N) is 2. The first-order valence-corrected chi connectivity index (χ1v) is 4.74. The molecule has 1 rings (SSSR count). The molecule has 1 heterocycles. The van der Waals surface area contributed by atoms with Crippen molar-refractivity contribution in [3.05, 3.63) is 17.5 Å². The minimum atomic E-state index is -4.40. The second-order valence-corrected chi connectivity index (χ2v) is 3.34. The van der Waals surface area contributed by atoms with Gasteiger partial charge in [0.25, 0.3) is 0 Å². The van der Waals surface area contributed by atoms with Gasteiger partial charge in [-0.05, 0) is 0 Å². The van der Waals surface area contributed by atoms with Crippen molar-refractivity contribution in [3.63, 3.8) is 0 Å². The highest BCUT2D eigenvalue weighted by molar-refractivity contribution is 5.85. The molecule has 0 aromatic carbocycles. The predicted molar refractivity (Wildman–Crippen MR) is 59.0 cm³/mol. The summed E-state index contributed by atoms with van der Waals surface area (Å²) in [7, 11) is 3.00. The first-order chi connectivity index (χ1) is 7.45. The van der Waals surface area contributed by atoms with Gasteiger partial charge in [-0.2, -0.15) is 18.3 Å².